The molecular formula is C15H23N3OS. The molecular weight excluding hydrogens is 270 g/mol. The van der Waals surface area contributed by atoms with E-state index in [2.05, 4.69) is 34.4 Å². The highest BCUT2D eigenvalue weighted by molar-refractivity contribution is 7.71. The second kappa shape index (κ2) is 6.90. The molecule has 0 radical (unpaired) electrons. The third-order valence-corrected chi connectivity index (χ3v) is 4.06. The summed E-state index contributed by atoms with van der Waals surface area (Å²) in [6.07, 6.45) is 1.10. The van der Waals surface area contributed by atoms with Crippen LogP contribution in [0.25, 0.3) is 11.0 Å². The molecule has 0 aliphatic heterocycles. The Morgan fingerprint density at radius 3 is 2.70 bits per heavy atom. The van der Waals surface area contributed by atoms with Gasteiger partial charge in [0.1, 0.15) is 11.3 Å². The van der Waals surface area contributed by atoms with Crippen molar-refractivity contribution in [1.29, 1.82) is 0 Å². The smallest absolute Gasteiger partial charge is 0.178 e. The molecule has 0 saturated heterocycles. The number of aromatic nitrogens is 2. The van der Waals surface area contributed by atoms with Crippen molar-refractivity contribution in [3.63, 3.8) is 0 Å². The first-order valence-corrected chi connectivity index (χ1v) is 7.60. The van der Waals surface area contributed by atoms with Gasteiger partial charge in [-0.05, 0) is 50.4 Å². The quantitative estimate of drug-likeness (QED) is 0.794. The molecule has 0 atom stereocenters. The van der Waals surface area contributed by atoms with E-state index >= 15 is 0 Å². The Morgan fingerprint density at radius 2 is 2.05 bits per heavy atom. The molecule has 110 valence electrons. The molecule has 2 aromatic rings. The topological polar surface area (TPSA) is 33.2 Å². The molecule has 5 heteroatoms. The number of benzene rings is 1. The lowest BCUT2D eigenvalue weighted by atomic mass is 10.3. The van der Waals surface area contributed by atoms with Crippen molar-refractivity contribution in [1.82, 2.24) is 14.5 Å². The van der Waals surface area contributed by atoms with E-state index in [0.717, 1.165) is 54.2 Å². The molecule has 0 amide bonds. The number of nitrogens with zero attached hydrogens (tertiary/aromatic N) is 2. The van der Waals surface area contributed by atoms with E-state index in [9.17, 15) is 0 Å². The molecule has 1 aromatic heterocycles. The summed E-state index contributed by atoms with van der Waals surface area (Å²) in [5, 5.41) is 0. The zero-order chi connectivity index (χ0) is 14.5. The van der Waals surface area contributed by atoms with Gasteiger partial charge in [-0.2, -0.15) is 0 Å². The molecule has 20 heavy (non-hydrogen) atoms. The predicted octanol–water partition coefficient (Wildman–Crippen LogP) is 3.44. The van der Waals surface area contributed by atoms with Gasteiger partial charge in [-0.3, -0.25) is 0 Å². The van der Waals surface area contributed by atoms with Crippen molar-refractivity contribution < 1.29 is 4.74 Å². The average Bonchev–Trinajstić information content (AvgIpc) is 2.79. The summed E-state index contributed by atoms with van der Waals surface area (Å²) in [6.45, 7) is 8.64. The van der Waals surface area contributed by atoms with E-state index in [1.54, 1.807) is 7.11 Å². The third kappa shape index (κ3) is 3.04. The fourth-order valence-electron chi connectivity index (χ4n) is 2.54. The summed E-state index contributed by atoms with van der Waals surface area (Å²) in [5.41, 5.74) is 2.11. The van der Waals surface area contributed by atoms with Gasteiger partial charge in [0, 0.05) is 6.54 Å². The van der Waals surface area contributed by atoms with Crippen molar-refractivity contribution in [2.24, 2.45) is 0 Å². The highest BCUT2D eigenvalue weighted by Crippen LogP contribution is 2.24. The highest BCUT2D eigenvalue weighted by Gasteiger charge is 2.08. The van der Waals surface area contributed by atoms with Gasteiger partial charge < -0.3 is 19.2 Å². The van der Waals surface area contributed by atoms with Crippen LogP contribution in [0.1, 0.15) is 20.3 Å². The Balaban J connectivity index is 2.18. The molecule has 0 aliphatic rings. The van der Waals surface area contributed by atoms with Crippen molar-refractivity contribution in [3.05, 3.63) is 23.0 Å². The normalized spacial score (nSPS) is 11.4. The summed E-state index contributed by atoms with van der Waals surface area (Å²) in [7, 11) is 1.68. The Kier molecular flexibility index (Phi) is 5.20. The minimum Gasteiger partial charge on any atom is -0.494 e. The minimum atomic E-state index is 0.768. The molecule has 1 N–H and O–H groups in total. The molecule has 1 aromatic carbocycles. The van der Waals surface area contributed by atoms with Crippen LogP contribution in [0, 0.1) is 4.77 Å². The molecule has 1 heterocycles. The fourth-order valence-corrected chi connectivity index (χ4v) is 2.83. The maximum absolute atomic E-state index is 5.43. The monoisotopic (exact) mass is 293 g/mol. The maximum atomic E-state index is 5.43. The van der Waals surface area contributed by atoms with E-state index in [-0.39, 0.29) is 0 Å². The van der Waals surface area contributed by atoms with Crippen molar-refractivity contribution in [2.75, 3.05) is 26.7 Å². The lowest BCUT2D eigenvalue weighted by molar-refractivity contribution is 0.293. The standard InChI is InChI=1S/C15H23N3OS/c1-4-17(5-2)10-7-11-18-12-8-6-9-13(19-3)14(12)16-15(18)20/h6,8-9H,4-5,7,10-11H2,1-3H3,(H,16,20). The molecule has 0 unspecified atom stereocenters. The van der Waals surface area contributed by atoms with Gasteiger partial charge in [0.25, 0.3) is 0 Å². The Morgan fingerprint density at radius 1 is 1.30 bits per heavy atom. The molecule has 0 bridgehead atoms. The number of nitrogens with one attached hydrogen (secondary N) is 1. The summed E-state index contributed by atoms with van der Waals surface area (Å²) in [5.74, 6) is 0.844. The lowest BCUT2D eigenvalue weighted by Crippen LogP contribution is -2.24. The molecule has 0 saturated carbocycles. The van der Waals surface area contributed by atoms with Crippen LogP contribution in [-0.2, 0) is 6.54 Å². The number of para-hydroxylation sites is 1. The predicted molar refractivity (Wildman–Crippen MR) is 86.1 cm³/mol. The van der Waals surface area contributed by atoms with Gasteiger partial charge in [0.05, 0.1) is 12.6 Å². The summed E-state index contributed by atoms with van der Waals surface area (Å²) in [6, 6.07) is 6.04. The van der Waals surface area contributed by atoms with Crippen LogP contribution in [0.3, 0.4) is 0 Å². The van der Waals surface area contributed by atoms with E-state index in [4.69, 9.17) is 17.0 Å². The fraction of sp³-hybridized carbons (Fsp3) is 0.533. The Bertz CT molecular complexity index is 613. The van der Waals surface area contributed by atoms with Crippen LogP contribution in [0.4, 0.5) is 0 Å². The van der Waals surface area contributed by atoms with Gasteiger partial charge in [-0.15, -0.1) is 0 Å². The first kappa shape index (κ1) is 15.1. The van der Waals surface area contributed by atoms with Gasteiger partial charge in [-0.25, -0.2) is 0 Å². The van der Waals surface area contributed by atoms with Crippen LogP contribution in [0.5, 0.6) is 5.75 Å². The maximum Gasteiger partial charge on any atom is 0.178 e. The second-order valence-electron chi connectivity index (χ2n) is 4.82. The number of hydrogen-bond acceptors (Lipinski definition) is 3. The van der Waals surface area contributed by atoms with Crippen LogP contribution < -0.4 is 4.74 Å². The summed E-state index contributed by atoms with van der Waals surface area (Å²) >= 11 is 5.43. The van der Waals surface area contributed by atoms with Gasteiger partial charge in [-0.1, -0.05) is 19.9 Å². The van der Waals surface area contributed by atoms with Crippen LogP contribution in [-0.4, -0.2) is 41.2 Å². The zero-order valence-electron chi connectivity index (χ0n) is 12.5. The SMILES string of the molecule is CCN(CC)CCCn1c(=S)[nH]c2c(OC)cccc21. The molecule has 2 rings (SSSR count). The number of H-pyrrole nitrogens is 1. The summed E-state index contributed by atoms with van der Waals surface area (Å²) < 4.78 is 8.31. The molecule has 0 fully saturated rings. The van der Waals surface area contributed by atoms with Crippen LogP contribution in [0.2, 0.25) is 0 Å². The first-order chi connectivity index (χ1) is 9.71. The van der Waals surface area contributed by atoms with Crippen LogP contribution >= 0.6 is 12.2 Å². The van der Waals surface area contributed by atoms with Gasteiger partial charge >= 0.3 is 0 Å². The second-order valence-corrected chi connectivity index (χ2v) is 5.20. The Hall–Kier alpha value is -1.33. The molecule has 4 nitrogen and oxygen atoms in total. The van der Waals surface area contributed by atoms with Gasteiger partial charge in [0.15, 0.2) is 4.77 Å². The van der Waals surface area contributed by atoms with E-state index in [0.29, 0.717) is 0 Å². The highest BCUT2D eigenvalue weighted by atomic mass is 32.1. The largest absolute Gasteiger partial charge is 0.494 e. The number of imidazole rings is 1. The number of ether oxygens (including phenoxy) is 1. The number of hydrogen-bond donors (Lipinski definition) is 1. The number of rotatable bonds is 7. The minimum absolute atomic E-state index is 0.768. The number of aromatic amines is 1. The molecule has 0 spiro atoms. The number of methoxy groups -OCH3 is 1. The van der Waals surface area contributed by atoms with Crippen molar-refractivity contribution in [2.45, 2.75) is 26.8 Å². The number of aryl methyl sites for hydroxylation is 1. The van der Waals surface area contributed by atoms with Crippen molar-refractivity contribution >= 4 is 23.3 Å². The van der Waals surface area contributed by atoms with E-state index < -0.39 is 0 Å². The van der Waals surface area contributed by atoms with E-state index in [1.807, 2.05) is 12.1 Å². The van der Waals surface area contributed by atoms with Crippen molar-refractivity contribution in [3.8, 4) is 5.75 Å². The molecule has 0 aliphatic carbocycles. The third-order valence-electron chi connectivity index (χ3n) is 3.74. The van der Waals surface area contributed by atoms with Crippen LogP contribution in [0.15, 0.2) is 18.2 Å². The average molecular weight is 293 g/mol. The van der Waals surface area contributed by atoms with Gasteiger partial charge in [0.2, 0.25) is 0 Å². The Labute approximate surface area is 125 Å². The lowest BCUT2D eigenvalue weighted by Gasteiger charge is -2.17. The van der Waals surface area contributed by atoms with E-state index in [1.165, 1.54) is 0 Å². The summed E-state index contributed by atoms with van der Waals surface area (Å²) in [4.78, 5) is 5.68. The zero-order valence-corrected chi connectivity index (χ0v) is 13.3. The first-order valence-electron chi connectivity index (χ1n) is 7.19. The number of fused-ring (bicyclic) bond motifs is 1.